The molecule has 0 aliphatic heterocycles. The Hall–Kier alpha value is -2.41. The minimum absolute atomic E-state index is 0.0922. The van der Waals surface area contributed by atoms with Crippen LogP contribution in [0.2, 0.25) is 0 Å². The van der Waals surface area contributed by atoms with Gasteiger partial charge in [-0.25, -0.2) is 4.63 Å². The van der Waals surface area contributed by atoms with Gasteiger partial charge >= 0.3 is 0 Å². The summed E-state index contributed by atoms with van der Waals surface area (Å²) in [5.74, 6) is 0.262. The Kier molecular flexibility index (Phi) is 5.08. The predicted molar refractivity (Wildman–Crippen MR) is 74.4 cm³/mol. The highest BCUT2D eigenvalue weighted by Crippen LogP contribution is 2.06. The Bertz CT molecular complexity index is 553. The van der Waals surface area contributed by atoms with Crippen LogP contribution in [0, 0.1) is 0 Å². The number of amidine groups is 1. The molecular weight excluding hydrogens is 258 g/mol. The van der Waals surface area contributed by atoms with Crippen LogP contribution in [0.25, 0.3) is 0 Å². The maximum Gasteiger partial charge on any atom is 0.199 e. The van der Waals surface area contributed by atoms with Crippen LogP contribution >= 0.6 is 0 Å². The summed E-state index contributed by atoms with van der Waals surface area (Å²) in [4.78, 5) is 4.19. The van der Waals surface area contributed by atoms with Crippen LogP contribution in [-0.2, 0) is 6.42 Å². The van der Waals surface area contributed by atoms with Crippen molar-refractivity contribution in [2.75, 3.05) is 12.3 Å². The molecule has 0 aliphatic carbocycles. The second-order valence-corrected chi connectivity index (χ2v) is 4.28. The zero-order chi connectivity index (χ0) is 14.2. The number of nitrogens with two attached hydrogens (primary N) is 1. The second kappa shape index (κ2) is 7.25. The van der Waals surface area contributed by atoms with Gasteiger partial charge in [-0.2, -0.15) is 0 Å². The molecule has 0 saturated carbocycles. The Labute approximate surface area is 116 Å². The van der Waals surface area contributed by atoms with E-state index in [1.165, 1.54) is 5.56 Å². The molecule has 20 heavy (non-hydrogen) atoms. The minimum Gasteiger partial charge on any atom is -0.379 e. The summed E-state index contributed by atoms with van der Waals surface area (Å²) in [5.41, 5.74) is 9.01. The zero-order valence-electron chi connectivity index (χ0n) is 11.0. The molecule has 7 nitrogen and oxygen atoms in total. The number of nitrogen functional groups attached to an aromatic ring is 1. The Morgan fingerprint density at radius 1 is 1.25 bits per heavy atom. The van der Waals surface area contributed by atoms with Gasteiger partial charge in [0.05, 0.1) is 0 Å². The monoisotopic (exact) mass is 275 g/mol. The number of rotatable bonds is 6. The number of nitrogens with one attached hydrogen (secondary N) is 1. The van der Waals surface area contributed by atoms with Crippen LogP contribution < -0.4 is 11.2 Å². The van der Waals surface area contributed by atoms with Gasteiger partial charge in [-0.1, -0.05) is 30.3 Å². The highest BCUT2D eigenvalue weighted by Gasteiger charge is 2.12. The maximum atomic E-state index is 9.01. The summed E-state index contributed by atoms with van der Waals surface area (Å²) in [6.45, 7) is 0.558. The lowest BCUT2D eigenvalue weighted by molar-refractivity contribution is 0.233. The van der Waals surface area contributed by atoms with Gasteiger partial charge < -0.3 is 5.73 Å². The number of hydrogen-bond acceptors (Lipinski definition) is 6. The molecule has 0 atom stereocenters. The van der Waals surface area contributed by atoms with E-state index in [0.29, 0.717) is 6.54 Å². The van der Waals surface area contributed by atoms with Crippen LogP contribution in [0.4, 0.5) is 5.82 Å². The van der Waals surface area contributed by atoms with E-state index in [2.05, 4.69) is 32.1 Å². The lowest BCUT2D eigenvalue weighted by Gasteiger charge is -2.02. The van der Waals surface area contributed by atoms with E-state index in [-0.39, 0.29) is 17.3 Å². The number of aromatic nitrogens is 2. The minimum atomic E-state index is 0.0922. The first kappa shape index (κ1) is 14.0. The largest absolute Gasteiger partial charge is 0.379 e. The molecule has 0 fully saturated rings. The van der Waals surface area contributed by atoms with Crippen LogP contribution in [-0.4, -0.2) is 27.9 Å². The van der Waals surface area contributed by atoms with E-state index < -0.39 is 0 Å². The van der Waals surface area contributed by atoms with Gasteiger partial charge in [0.2, 0.25) is 0 Å². The molecule has 106 valence electrons. The van der Waals surface area contributed by atoms with Gasteiger partial charge in [0.1, 0.15) is 0 Å². The summed E-state index contributed by atoms with van der Waals surface area (Å²) in [6.07, 6.45) is 2.91. The molecule has 1 aromatic carbocycles. The van der Waals surface area contributed by atoms with E-state index in [0.717, 1.165) is 19.3 Å². The molecule has 1 aromatic heterocycles. The average Bonchev–Trinajstić information content (AvgIpc) is 2.90. The fourth-order valence-electron chi connectivity index (χ4n) is 1.80. The van der Waals surface area contributed by atoms with Crippen molar-refractivity contribution in [2.45, 2.75) is 19.3 Å². The van der Waals surface area contributed by atoms with E-state index in [1.807, 2.05) is 23.7 Å². The lowest BCUT2D eigenvalue weighted by Crippen LogP contribution is -2.22. The molecule has 4 N–H and O–H groups in total. The third-order valence-electron chi connectivity index (χ3n) is 2.83. The summed E-state index contributed by atoms with van der Waals surface area (Å²) < 4.78 is 4.46. The van der Waals surface area contributed by atoms with Crippen molar-refractivity contribution >= 4 is 11.7 Å². The maximum absolute atomic E-state index is 9.01. The van der Waals surface area contributed by atoms with E-state index in [1.54, 1.807) is 0 Å². The molecule has 1 heterocycles. The van der Waals surface area contributed by atoms with Crippen molar-refractivity contribution < 1.29 is 9.84 Å². The number of nitrogens with zero attached hydrogens (tertiary/aromatic N) is 3. The molecule has 0 spiro atoms. The quantitative estimate of drug-likeness (QED) is 0.318. The first-order valence-corrected chi connectivity index (χ1v) is 6.38. The molecule has 2 aromatic rings. The fourth-order valence-corrected chi connectivity index (χ4v) is 1.80. The molecule has 0 unspecified atom stereocenters. The summed E-state index contributed by atoms with van der Waals surface area (Å²) in [7, 11) is 0. The number of aryl methyl sites for hydroxylation is 1. The number of unbranched alkanes of at least 4 members (excludes halogenated alkanes) is 1. The van der Waals surface area contributed by atoms with Gasteiger partial charge in [0.25, 0.3) is 0 Å². The van der Waals surface area contributed by atoms with E-state index in [4.69, 9.17) is 10.9 Å². The van der Waals surface area contributed by atoms with Crippen LogP contribution in [0.15, 0.2) is 40.0 Å². The van der Waals surface area contributed by atoms with Gasteiger partial charge in [-0.05, 0) is 35.1 Å². The van der Waals surface area contributed by atoms with Crippen molar-refractivity contribution in [3.63, 3.8) is 0 Å². The van der Waals surface area contributed by atoms with Gasteiger partial charge in [-0.15, -0.1) is 0 Å². The molecule has 0 bridgehead atoms. The Morgan fingerprint density at radius 2 is 2.05 bits per heavy atom. The lowest BCUT2D eigenvalue weighted by atomic mass is 10.1. The van der Waals surface area contributed by atoms with Crippen molar-refractivity contribution in [3.8, 4) is 0 Å². The Morgan fingerprint density at radius 3 is 2.70 bits per heavy atom. The highest BCUT2D eigenvalue weighted by atomic mass is 16.6. The highest BCUT2D eigenvalue weighted by molar-refractivity contribution is 5.99. The molecule has 0 saturated heterocycles. The Balaban J connectivity index is 1.79. The van der Waals surface area contributed by atoms with Crippen LogP contribution in [0.5, 0.6) is 0 Å². The molecular formula is C13H17N5O2. The standard InChI is InChI=1S/C13H17N5O2/c14-12-11(17-20-18-12)13(16-19)15-9-5-4-8-10-6-2-1-3-7-10/h1-3,6-7,19H,4-5,8-9H2,(H2,14,18)(H,15,16). The van der Waals surface area contributed by atoms with Gasteiger partial charge in [0, 0.05) is 6.54 Å². The van der Waals surface area contributed by atoms with Crippen molar-refractivity contribution in [1.82, 2.24) is 15.8 Å². The molecule has 0 aliphatic rings. The van der Waals surface area contributed by atoms with Crippen LogP contribution in [0.1, 0.15) is 24.1 Å². The number of benzene rings is 1. The van der Waals surface area contributed by atoms with Gasteiger partial charge in [0.15, 0.2) is 17.3 Å². The molecule has 0 radical (unpaired) electrons. The summed E-state index contributed by atoms with van der Waals surface area (Å²) >= 11 is 0. The summed E-state index contributed by atoms with van der Waals surface area (Å²) in [5, 5.41) is 16.0. The van der Waals surface area contributed by atoms with Crippen LogP contribution in [0.3, 0.4) is 0 Å². The third kappa shape index (κ3) is 3.79. The van der Waals surface area contributed by atoms with Crippen molar-refractivity contribution in [1.29, 1.82) is 0 Å². The third-order valence-corrected chi connectivity index (χ3v) is 2.83. The normalized spacial score (nSPS) is 11.6. The molecule has 2 rings (SSSR count). The van der Waals surface area contributed by atoms with Gasteiger partial charge in [-0.3, -0.25) is 15.7 Å². The number of aliphatic imine (C=N–C) groups is 1. The fraction of sp³-hybridized carbons (Fsp3) is 0.308. The van der Waals surface area contributed by atoms with E-state index in [9.17, 15) is 0 Å². The first-order valence-electron chi connectivity index (χ1n) is 6.38. The number of hydrogen-bond donors (Lipinski definition) is 3. The zero-order valence-corrected chi connectivity index (χ0v) is 11.0. The molecule has 7 heteroatoms. The summed E-state index contributed by atoms with van der Waals surface area (Å²) in [6, 6.07) is 10.3. The molecule has 0 amide bonds. The number of hydroxylamine groups is 1. The second-order valence-electron chi connectivity index (χ2n) is 4.28. The van der Waals surface area contributed by atoms with Crippen molar-refractivity contribution in [3.05, 3.63) is 41.6 Å². The predicted octanol–water partition coefficient (Wildman–Crippen LogP) is 1.40. The number of anilines is 1. The SMILES string of the molecule is Nc1nonc1C(=NCCCCc1ccccc1)NO. The first-order chi connectivity index (χ1) is 9.81. The topological polar surface area (TPSA) is 110 Å². The average molecular weight is 275 g/mol. The smallest absolute Gasteiger partial charge is 0.199 e. The van der Waals surface area contributed by atoms with Crippen molar-refractivity contribution in [2.24, 2.45) is 4.99 Å². The van der Waals surface area contributed by atoms with E-state index >= 15 is 0 Å².